The van der Waals surface area contributed by atoms with Gasteiger partial charge in [0.25, 0.3) is 0 Å². The Labute approximate surface area is 71.8 Å². The van der Waals surface area contributed by atoms with Crippen molar-refractivity contribution in [1.82, 2.24) is 4.98 Å². The first-order valence-corrected chi connectivity index (χ1v) is 3.88. The zero-order valence-electron chi connectivity index (χ0n) is 6.99. The van der Waals surface area contributed by atoms with E-state index in [9.17, 15) is 0 Å². The smallest absolute Gasteiger partial charge is 0.101 e. The van der Waals surface area contributed by atoms with E-state index >= 15 is 0 Å². The van der Waals surface area contributed by atoms with Crippen LogP contribution in [0.15, 0.2) is 18.5 Å². The number of pyridine rings is 1. The van der Waals surface area contributed by atoms with Crippen molar-refractivity contribution < 1.29 is 0 Å². The van der Waals surface area contributed by atoms with Crippen molar-refractivity contribution in [3.05, 3.63) is 29.6 Å². The molecule has 0 aliphatic carbocycles. The molecule has 0 saturated heterocycles. The molecule has 2 N–H and O–H groups in total. The highest BCUT2D eigenvalue weighted by Gasteiger charge is 2.03. The third kappa shape index (κ3) is 1.80. The number of nitrogens with two attached hydrogens (primary N) is 1. The van der Waals surface area contributed by atoms with Gasteiger partial charge in [-0.15, -0.1) is 0 Å². The minimum Gasteiger partial charge on any atom is -0.324 e. The van der Waals surface area contributed by atoms with Crippen molar-refractivity contribution in [2.24, 2.45) is 5.73 Å². The highest BCUT2D eigenvalue weighted by atomic mass is 14.7. The molecule has 1 heterocycles. The first-order valence-electron chi connectivity index (χ1n) is 3.88. The van der Waals surface area contributed by atoms with Crippen molar-refractivity contribution in [1.29, 1.82) is 5.26 Å². The fourth-order valence-corrected chi connectivity index (χ4v) is 0.957. The van der Waals surface area contributed by atoms with Gasteiger partial charge in [0, 0.05) is 18.4 Å². The molecule has 3 nitrogen and oxygen atoms in total. The van der Waals surface area contributed by atoms with E-state index in [-0.39, 0.29) is 6.04 Å². The fraction of sp³-hybridized carbons (Fsp3) is 0.333. The molecule has 62 valence electrons. The van der Waals surface area contributed by atoms with Crippen molar-refractivity contribution in [3.8, 4) is 6.07 Å². The monoisotopic (exact) mass is 161 g/mol. The van der Waals surface area contributed by atoms with Gasteiger partial charge in [-0.25, -0.2) is 0 Å². The number of aromatic nitrogens is 1. The Hall–Kier alpha value is -1.40. The van der Waals surface area contributed by atoms with Crippen LogP contribution < -0.4 is 5.73 Å². The van der Waals surface area contributed by atoms with Crippen LogP contribution in [0.1, 0.15) is 30.5 Å². The molecule has 3 heteroatoms. The molecule has 12 heavy (non-hydrogen) atoms. The zero-order chi connectivity index (χ0) is 8.97. The number of rotatable bonds is 2. The predicted molar refractivity (Wildman–Crippen MR) is 46.2 cm³/mol. The summed E-state index contributed by atoms with van der Waals surface area (Å²) in [7, 11) is 0. The lowest BCUT2D eigenvalue weighted by Crippen LogP contribution is -2.08. The maximum atomic E-state index is 8.59. The Morgan fingerprint density at radius 1 is 1.67 bits per heavy atom. The zero-order valence-corrected chi connectivity index (χ0v) is 6.99. The lowest BCUT2D eigenvalue weighted by Gasteiger charge is -2.07. The second-order valence-corrected chi connectivity index (χ2v) is 2.63. The van der Waals surface area contributed by atoms with Crippen molar-refractivity contribution in [3.63, 3.8) is 0 Å². The first-order chi connectivity index (χ1) is 5.77. The molecule has 0 spiro atoms. The van der Waals surface area contributed by atoms with Gasteiger partial charge in [-0.1, -0.05) is 6.92 Å². The molecular formula is C9H11N3. The second kappa shape index (κ2) is 3.84. The van der Waals surface area contributed by atoms with Crippen LogP contribution in [-0.4, -0.2) is 4.98 Å². The highest BCUT2D eigenvalue weighted by molar-refractivity contribution is 5.30. The van der Waals surface area contributed by atoms with Crippen LogP contribution in [0.2, 0.25) is 0 Å². The summed E-state index contributed by atoms with van der Waals surface area (Å²) >= 11 is 0. The van der Waals surface area contributed by atoms with E-state index in [1.165, 1.54) is 6.20 Å². The Bertz CT molecular complexity index is 301. The third-order valence-electron chi connectivity index (χ3n) is 1.76. The van der Waals surface area contributed by atoms with Gasteiger partial charge < -0.3 is 5.73 Å². The van der Waals surface area contributed by atoms with E-state index in [1.807, 2.05) is 13.0 Å². The average molecular weight is 161 g/mol. The highest BCUT2D eigenvalue weighted by Crippen LogP contribution is 2.12. The van der Waals surface area contributed by atoms with E-state index in [1.54, 1.807) is 12.3 Å². The summed E-state index contributed by atoms with van der Waals surface area (Å²) in [6.45, 7) is 2.00. The van der Waals surface area contributed by atoms with Gasteiger partial charge in [0.05, 0.1) is 5.56 Å². The van der Waals surface area contributed by atoms with E-state index in [0.29, 0.717) is 5.56 Å². The second-order valence-electron chi connectivity index (χ2n) is 2.63. The van der Waals surface area contributed by atoms with Crippen LogP contribution in [0.4, 0.5) is 0 Å². The maximum Gasteiger partial charge on any atom is 0.101 e. The Kier molecular flexibility index (Phi) is 2.78. The molecule has 1 aromatic rings. The molecule has 1 atom stereocenters. The van der Waals surface area contributed by atoms with Crippen molar-refractivity contribution >= 4 is 0 Å². The number of hydrogen-bond acceptors (Lipinski definition) is 3. The summed E-state index contributed by atoms with van der Waals surface area (Å²) in [5, 5.41) is 8.59. The van der Waals surface area contributed by atoms with Crippen LogP contribution in [0.5, 0.6) is 0 Å². The Morgan fingerprint density at radius 3 is 3.00 bits per heavy atom. The lowest BCUT2D eigenvalue weighted by atomic mass is 10.1. The Morgan fingerprint density at radius 2 is 2.42 bits per heavy atom. The average Bonchev–Trinajstić information content (AvgIpc) is 2.17. The molecule has 0 aliphatic rings. The number of nitriles is 1. The third-order valence-corrected chi connectivity index (χ3v) is 1.76. The first kappa shape index (κ1) is 8.69. The summed E-state index contributed by atoms with van der Waals surface area (Å²) in [5.41, 5.74) is 7.26. The number of hydrogen-bond donors (Lipinski definition) is 1. The van der Waals surface area contributed by atoms with E-state index < -0.39 is 0 Å². The minimum atomic E-state index is -0.00852. The van der Waals surface area contributed by atoms with Gasteiger partial charge >= 0.3 is 0 Å². The molecule has 0 saturated carbocycles. The maximum absolute atomic E-state index is 8.59. The fourth-order valence-electron chi connectivity index (χ4n) is 0.957. The molecule has 0 aromatic carbocycles. The summed E-state index contributed by atoms with van der Waals surface area (Å²) in [6, 6.07) is 3.80. The molecule has 1 rings (SSSR count). The molecule has 0 aliphatic heterocycles. The topological polar surface area (TPSA) is 62.7 Å². The van der Waals surface area contributed by atoms with Gasteiger partial charge in [0.2, 0.25) is 0 Å². The van der Waals surface area contributed by atoms with Crippen LogP contribution >= 0.6 is 0 Å². The van der Waals surface area contributed by atoms with E-state index in [2.05, 4.69) is 4.98 Å². The van der Waals surface area contributed by atoms with Crippen LogP contribution in [0.3, 0.4) is 0 Å². The van der Waals surface area contributed by atoms with Crippen LogP contribution in [0.25, 0.3) is 0 Å². The lowest BCUT2D eigenvalue weighted by molar-refractivity contribution is 0.695. The summed E-state index contributed by atoms with van der Waals surface area (Å²) in [5.74, 6) is 0. The largest absolute Gasteiger partial charge is 0.324 e. The molecular weight excluding hydrogens is 150 g/mol. The molecule has 0 radical (unpaired) electrons. The quantitative estimate of drug-likeness (QED) is 0.712. The molecule has 1 aromatic heterocycles. The van der Waals surface area contributed by atoms with E-state index in [0.717, 1.165) is 12.0 Å². The number of nitrogens with zero attached hydrogens (tertiary/aromatic N) is 2. The molecule has 0 amide bonds. The molecule has 0 fully saturated rings. The van der Waals surface area contributed by atoms with Gasteiger partial charge in [-0.05, 0) is 18.1 Å². The SMILES string of the molecule is CCC(N)c1cncc(C#N)c1. The van der Waals surface area contributed by atoms with Gasteiger partial charge in [0.1, 0.15) is 6.07 Å². The van der Waals surface area contributed by atoms with Crippen LogP contribution in [-0.2, 0) is 0 Å². The van der Waals surface area contributed by atoms with Gasteiger partial charge in [-0.3, -0.25) is 4.98 Å². The molecule has 1 unspecified atom stereocenters. The van der Waals surface area contributed by atoms with Gasteiger partial charge in [-0.2, -0.15) is 5.26 Å². The molecule has 0 bridgehead atoms. The van der Waals surface area contributed by atoms with Gasteiger partial charge in [0.15, 0.2) is 0 Å². The van der Waals surface area contributed by atoms with E-state index in [4.69, 9.17) is 11.0 Å². The summed E-state index contributed by atoms with van der Waals surface area (Å²) in [4.78, 5) is 3.92. The van der Waals surface area contributed by atoms with Crippen molar-refractivity contribution in [2.45, 2.75) is 19.4 Å². The van der Waals surface area contributed by atoms with Crippen molar-refractivity contribution in [2.75, 3.05) is 0 Å². The predicted octanol–water partition coefficient (Wildman–Crippen LogP) is 1.36. The normalized spacial score (nSPS) is 12.1. The summed E-state index contributed by atoms with van der Waals surface area (Å²) < 4.78 is 0. The summed E-state index contributed by atoms with van der Waals surface area (Å²) in [6.07, 6.45) is 4.09. The minimum absolute atomic E-state index is 0.00852. The Balaban J connectivity index is 2.95. The standard InChI is InChI=1S/C9H11N3/c1-2-9(11)8-3-7(4-10)5-12-6-8/h3,5-6,9H,2,11H2,1H3. The van der Waals surface area contributed by atoms with Crippen LogP contribution in [0, 0.1) is 11.3 Å².